The highest BCUT2D eigenvalue weighted by Gasteiger charge is 2.19. The molecule has 2 aromatic rings. The molecule has 0 saturated carbocycles. The number of hydrogen-bond donors (Lipinski definition) is 2. The van der Waals surface area contributed by atoms with E-state index in [4.69, 9.17) is 0 Å². The third-order valence-electron chi connectivity index (χ3n) is 3.17. The van der Waals surface area contributed by atoms with Gasteiger partial charge in [0.2, 0.25) is 5.91 Å². The topological polar surface area (TPSA) is 71.1 Å². The average Bonchev–Trinajstić information content (AvgIpc) is 2.80. The molecule has 3 rings (SSSR count). The maximum Gasteiger partial charge on any atom is 0.255 e. The third-order valence-corrected chi connectivity index (χ3v) is 3.17. The first-order chi connectivity index (χ1) is 9.61. The normalized spacial score (nSPS) is 12.8. The van der Waals surface area contributed by atoms with E-state index >= 15 is 0 Å². The zero-order valence-electron chi connectivity index (χ0n) is 10.9. The largest absolute Gasteiger partial charge is 0.326 e. The molecule has 0 fully saturated rings. The lowest BCUT2D eigenvalue weighted by molar-refractivity contribution is -0.115. The van der Waals surface area contributed by atoms with Gasteiger partial charge in [-0.05, 0) is 36.8 Å². The van der Waals surface area contributed by atoms with Gasteiger partial charge in [-0.2, -0.15) is 0 Å². The number of amides is 2. The summed E-state index contributed by atoms with van der Waals surface area (Å²) in [5, 5.41) is 5.51. The summed E-state index contributed by atoms with van der Waals surface area (Å²) in [4.78, 5) is 27.5. The molecule has 0 bridgehead atoms. The second-order valence-electron chi connectivity index (χ2n) is 4.74. The molecule has 20 heavy (non-hydrogen) atoms. The molecule has 2 N–H and O–H groups in total. The average molecular weight is 267 g/mol. The summed E-state index contributed by atoms with van der Waals surface area (Å²) >= 11 is 0. The first-order valence-electron chi connectivity index (χ1n) is 6.28. The summed E-state index contributed by atoms with van der Waals surface area (Å²) in [5.74, 6) is -0.264. The van der Waals surface area contributed by atoms with Crippen LogP contribution in [-0.2, 0) is 11.2 Å². The monoisotopic (exact) mass is 267 g/mol. The Labute approximate surface area is 116 Å². The van der Waals surface area contributed by atoms with Crippen molar-refractivity contribution in [3.05, 3.63) is 53.3 Å². The van der Waals surface area contributed by atoms with E-state index in [1.54, 1.807) is 30.5 Å². The van der Waals surface area contributed by atoms with Crippen molar-refractivity contribution in [1.82, 2.24) is 4.98 Å². The number of carbonyl (C=O) groups excluding carboxylic acids is 2. The molecule has 100 valence electrons. The van der Waals surface area contributed by atoms with Crippen LogP contribution in [0.4, 0.5) is 11.4 Å². The highest BCUT2D eigenvalue weighted by Crippen LogP contribution is 2.24. The van der Waals surface area contributed by atoms with E-state index < -0.39 is 0 Å². The van der Waals surface area contributed by atoms with Gasteiger partial charge in [0.05, 0.1) is 18.3 Å². The Balaban J connectivity index is 1.79. The zero-order chi connectivity index (χ0) is 14.1. The first kappa shape index (κ1) is 12.3. The summed E-state index contributed by atoms with van der Waals surface area (Å²) in [7, 11) is 0. The van der Waals surface area contributed by atoms with Crippen LogP contribution in [0.2, 0.25) is 0 Å². The van der Waals surface area contributed by atoms with Gasteiger partial charge in [0.25, 0.3) is 5.91 Å². The van der Waals surface area contributed by atoms with E-state index in [2.05, 4.69) is 15.6 Å². The lowest BCUT2D eigenvalue weighted by atomic mass is 10.1. The fraction of sp³-hybridized carbons (Fsp3) is 0.133. The zero-order valence-corrected chi connectivity index (χ0v) is 10.9. The van der Waals surface area contributed by atoms with Crippen LogP contribution in [0.3, 0.4) is 0 Å². The lowest BCUT2D eigenvalue weighted by Gasteiger charge is -2.06. The first-order valence-corrected chi connectivity index (χ1v) is 6.28. The smallest absolute Gasteiger partial charge is 0.255 e. The van der Waals surface area contributed by atoms with E-state index in [1.807, 2.05) is 13.0 Å². The Morgan fingerprint density at radius 2 is 2.15 bits per heavy atom. The van der Waals surface area contributed by atoms with Gasteiger partial charge in [-0.1, -0.05) is 6.07 Å². The van der Waals surface area contributed by atoms with E-state index in [0.717, 1.165) is 11.3 Å². The van der Waals surface area contributed by atoms with Crippen LogP contribution in [-0.4, -0.2) is 16.8 Å². The number of nitrogens with one attached hydrogen (secondary N) is 2. The van der Waals surface area contributed by atoms with Gasteiger partial charge in [-0.25, -0.2) is 0 Å². The molecule has 2 heterocycles. The molecule has 2 amide bonds. The predicted octanol–water partition coefficient (Wildman–Crippen LogP) is 2.14. The molecular weight excluding hydrogens is 254 g/mol. The Bertz CT molecular complexity index is 693. The van der Waals surface area contributed by atoms with Crippen LogP contribution in [0.1, 0.15) is 21.6 Å². The van der Waals surface area contributed by atoms with Crippen molar-refractivity contribution in [3.63, 3.8) is 0 Å². The number of anilines is 2. The van der Waals surface area contributed by atoms with Crippen molar-refractivity contribution in [3.8, 4) is 0 Å². The van der Waals surface area contributed by atoms with Gasteiger partial charge < -0.3 is 10.6 Å². The van der Waals surface area contributed by atoms with Crippen molar-refractivity contribution in [2.24, 2.45) is 0 Å². The molecule has 0 radical (unpaired) electrons. The third kappa shape index (κ3) is 2.38. The van der Waals surface area contributed by atoms with Crippen LogP contribution in [0.5, 0.6) is 0 Å². The number of hydrogen-bond acceptors (Lipinski definition) is 3. The molecule has 0 aliphatic carbocycles. The molecular formula is C15H13N3O2. The van der Waals surface area contributed by atoms with Gasteiger partial charge in [-0.3, -0.25) is 14.6 Å². The van der Waals surface area contributed by atoms with Crippen molar-refractivity contribution in [2.75, 3.05) is 10.6 Å². The summed E-state index contributed by atoms with van der Waals surface area (Å²) < 4.78 is 0. The van der Waals surface area contributed by atoms with Gasteiger partial charge in [-0.15, -0.1) is 0 Å². The maximum atomic E-state index is 12.1. The Kier molecular flexibility index (Phi) is 2.95. The Hall–Kier alpha value is -2.69. The summed E-state index contributed by atoms with van der Waals surface area (Å²) in [6.07, 6.45) is 1.99. The van der Waals surface area contributed by atoms with Gasteiger partial charge in [0.15, 0.2) is 0 Å². The van der Waals surface area contributed by atoms with Crippen LogP contribution in [0.25, 0.3) is 0 Å². The van der Waals surface area contributed by atoms with E-state index in [9.17, 15) is 9.59 Å². The Morgan fingerprint density at radius 3 is 2.90 bits per heavy atom. The SMILES string of the molecule is Cc1ccc(NC(=O)c2ccc3c(c2)NC(=O)C3)cn1. The maximum absolute atomic E-state index is 12.1. The fourth-order valence-electron chi connectivity index (χ4n) is 2.10. The second-order valence-corrected chi connectivity index (χ2v) is 4.74. The van der Waals surface area contributed by atoms with Crippen LogP contribution in [0, 0.1) is 6.92 Å². The minimum Gasteiger partial charge on any atom is -0.326 e. The molecule has 0 unspecified atom stereocenters. The molecule has 5 nitrogen and oxygen atoms in total. The van der Waals surface area contributed by atoms with Crippen LogP contribution in [0.15, 0.2) is 36.5 Å². The molecule has 1 aromatic carbocycles. The van der Waals surface area contributed by atoms with Crippen LogP contribution < -0.4 is 10.6 Å². The quantitative estimate of drug-likeness (QED) is 0.875. The Morgan fingerprint density at radius 1 is 1.30 bits per heavy atom. The summed E-state index contributed by atoms with van der Waals surface area (Å²) in [6.45, 7) is 1.88. The standard InChI is InChI=1S/C15H13N3O2/c1-9-2-5-12(8-16-9)17-15(20)11-4-3-10-7-14(19)18-13(10)6-11/h2-6,8H,7H2,1H3,(H,17,20)(H,18,19). The highest BCUT2D eigenvalue weighted by atomic mass is 16.2. The number of benzene rings is 1. The fourth-order valence-corrected chi connectivity index (χ4v) is 2.10. The lowest BCUT2D eigenvalue weighted by Crippen LogP contribution is -2.12. The van der Waals surface area contributed by atoms with Gasteiger partial charge >= 0.3 is 0 Å². The minimum atomic E-state index is -0.223. The van der Waals surface area contributed by atoms with E-state index in [1.165, 1.54) is 0 Å². The van der Waals surface area contributed by atoms with Crippen molar-refractivity contribution >= 4 is 23.2 Å². The van der Waals surface area contributed by atoms with Crippen molar-refractivity contribution < 1.29 is 9.59 Å². The molecule has 1 aliphatic rings. The van der Waals surface area contributed by atoms with Gasteiger partial charge in [0, 0.05) is 16.9 Å². The number of fused-ring (bicyclic) bond motifs is 1. The second kappa shape index (κ2) is 4.77. The molecule has 5 heteroatoms. The number of carbonyl (C=O) groups is 2. The predicted molar refractivity (Wildman–Crippen MR) is 75.7 cm³/mol. The molecule has 0 atom stereocenters. The number of nitrogens with zero attached hydrogens (tertiary/aromatic N) is 1. The summed E-state index contributed by atoms with van der Waals surface area (Å²) in [6, 6.07) is 8.84. The number of aromatic nitrogens is 1. The number of rotatable bonds is 2. The van der Waals surface area contributed by atoms with E-state index in [-0.39, 0.29) is 11.8 Å². The van der Waals surface area contributed by atoms with Gasteiger partial charge in [0.1, 0.15) is 0 Å². The van der Waals surface area contributed by atoms with Crippen LogP contribution >= 0.6 is 0 Å². The number of pyridine rings is 1. The van der Waals surface area contributed by atoms with Crippen molar-refractivity contribution in [1.29, 1.82) is 0 Å². The number of aryl methyl sites for hydroxylation is 1. The van der Waals surface area contributed by atoms with E-state index in [0.29, 0.717) is 23.4 Å². The van der Waals surface area contributed by atoms with Crippen molar-refractivity contribution in [2.45, 2.75) is 13.3 Å². The molecule has 1 aliphatic heterocycles. The minimum absolute atomic E-state index is 0.0414. The highest BCUT2D eigenvalue weighted by molar-refractivity contribution is 6.07. The molecule has 1 aromatic heterocycles. The molecule has 0 spiro atoms. The molecule has 0 saturated heterocycles. The summed E-state index contributed by atoms with van der Waals surface area (Å²) in [5.41, 5.74) is 3.67.